The molecule has 0 aromatic carbocycles. The van der Waals surface area contributed by atoms with Gasteiger partial charge in [-0.3, -0.25) is 0 Å². The van der Waals surface area contributed by atoms with Crippen molar-refractivity contribution in [2.75, 3.05) is 7.11 Å². The predicted octanol–water partition coefficient (Wildman–Crippen LogP) is 0.927. The molecule has 1 saturated heterocycles. The van der Waals surface area contributed by atoms with Gasteiger partial charge in [-0.1, -0.05) is 6.08 Å². The maximum atomic E-state index is 11.6. The Bertz CT molecular complexity index is 390. The fourth-order valence-corrected chi connectivity index (χ4v) is 1.82. The average Bonchev–Trinajstić information content (AvgIpc) is 2.62. The van der Waals surface area contributed by atoms with Crippen LogP contribution in [0.2, 0.25) is 0 Å². The van der Waals surface area contributed by atoms with Gasteiger partial charge in [0.1, 0.15) is 0 Å². The molecular formula is C11H12N2O3. The molecule has 16 heavy (non-hydrogen) atoms. The summed E-state index contributed by atoms with van der Waals surface area (Å²) >= 11 is 0. The first kappa shape index (κ1) is 12.2. The smallest absolute Gasteiger partial charge is 0.340 e. The summed E-state index contributed by atoms with van der Waals surface area (Å²) in [4.78, 5) is 11.6. The van der Waals surface area contributed by atoms with E-state index in [-0.39, 0.29) is 6.42 Å². The molecule has 1 aliphatic heterocycles. The van der Waals surface area contributed by atoms with E-state index in [2.05, 4.69) is 11.3 Å². The summed E-state index contributed by atoms with van der Waals surface area (Å²) in [5.41, 5.74) is -3.09. The van der Waals surface area contributed by atoms with Gasteiger partial charge in [-0.15, -0.1) is 6.58 Å². The van der Waals surface area contributed by atoms with Crippen LogP contribution < -0.4 is 0 Å². The number of nitrogens with zero attached hydrogens (tertiary/aromatic N) is 2. The number of methoxy groups -OCH3 is 1. The van der Waals surface area contributed by atoms with Crippen LogP contribution in [0.4, 0.5) is 0 Å². The van der Waals surface area contributed by atoms with Crippen LogP contribution in [0.3, 0.4) is 0 Å². The summed E-state index contributed by atoms with van der Waals surface area (Å²) in [7, 11) is 1.19. The lowest BCUT2D eigenvalue weighted by molar-refractivity contribution is -0.168. The highest BCUT2D eigenvalue weighted by Gasteiger charge is 2.63. The first-order valence-electron chi connectivity index (χ1n) is 4.71. The molecule has 5 nitrogen and oxygen atoms in total. The molecule has 0 spiro atoms. The zero-order valence-electron chi connectivity index (χ0n) is 9.19. The third-order valence-corrected chi connectivity index (χ3v) is 2.93. The Morgan fingerprint density at radius 2 is 2.19 bits per heavy atom. The molecule has 0 saturated carbocycles. The molecule has 0 aliphatic carbocycles. The second-order valence-electron chi connectivity index (χ2n) is 3.75. The number of carbonyl (C=O) groups is 1. The van der Waals surface area contributed by atoms with Crippen LogP contribution in [0.15, 0.2) is 12.7 Å². The SMILES string of the molecule is C=CC1CC(C#N)(C#N)C(C)(C(=O)OC)O1. The third kappa shape index (κ3) is 1.37. The van der Waals surface area contributed by atoms with E-state index in [4.69, 9.17) is 15.3 Å². The minimum atomic E-state index is -1.57. The largest absolute Gasteiger partial charge is 0.467 e. The Morgan fingerprint density at radius 3 is 2.56 bits per heavy atom. The van der Waals surface area contributed by atoms with E-state index in [0.29, 0.717) is 0 Å². The van der Waals surface area contributed by atoms with E-state index in [9.17, 15) is 4.79 Å². The Labute approximate surface area is 93.9 Å². The van der Waals surface area contributed by atoms with Crippen molar-refractivity contribution in [1.82, 2.24) is 0 Å². The number of esters is 1. The Hall–Kier alpha value is -1.85. The predicted molar refractivity (Wildman–Crippen MR) is 53.8 cm³/mol. The monoisotopic (exact) mass is 220 g/mol. The van der Waals surface area contributed by atoms with Gasteiger partial charge in [0.05, 0.1) is 25.4 Å². The van der Waals surface area contributed by atoms with Crippen molar-refractivity contribution in [2.24, 2.45) is 5.41 Å². The normalized spacial score (nSPS) is 31.1. The quantitative estimate of drug-likeness (QED) is 0.510. The van der Waals surface area contributed by atoms with E-state index < -0.39 is 23.1 Å². The molecule has 0 aromatic heterocycles. The molecule has 84 valence electrons. The van der Waals surface area contributed by atoms with Crippen molar-refractivity contribution in [3.05, 3.63) is 12.7 Å². The molecule has 1 aliphatic rings. The van der Waals surface area contributed by atoms with Gasteiger partial charge in [0.2, 0.25) is 0 Å². The molecule has 0 bridgehead atoms. The Kier molecular flexibility index (Phi) is 3.02. The molecular weight excluding hydrogens is 208 g/mol. The van der Waals surface area contributed by atoms with Crippen molar-refractivity contribution < 1.29 is 14.3 Å². The zero-order chi connectivity index (χ0) is 12.4. The molecule has 2 atom stereocenters. The lowest BCUT2D eigenvalue weighted by atomic mass is 9.74. The van der Waals surface area contributed by atoms with E-state index in [1.807, 2.05) is 12.1 Å². The van der Waals surface area contributed by atoms with Gasteiger partial charge in [0.15, 0.2) is 11.0 Å². The minimum Gasteiger partial charge on any atom is -0.467 e. The zero-order valence-corrected chi connectivity index (χ0v) is 9.19. The molecule has 0 amide bonds. The topological polar surface area (TPSA) is 83.1 Å². The van der Waals surface area contributed by atoms with Crippen LogP contribution >= 0.6 is 0 Å². The van der Waals surface area contributed by atoms with Gasteiger partial charge in [0, 0.05) is 6.42 Å². The fraction of sp³-hybridized carbons (Fsp3) is 0.545. The molecule has 0 N–H and O–H groups in total. The Balaban J connectivity index is 3.26. The van der Waals surface area contributed by atoms with Gasteiger partial charge in [-0.05, 0) is 6.92 Å². The van der Waals surface area contributed by atoms with E-state index in [1.165, 1.54) is 20.1 Å². The summed E-state index contributed by atoms with van der Waals surface area (Å²) in [5.74, 6) is -0.722. The first-order chi connectivity index (χ1) is 7.49. The number of carbonyl (C=O) groups excluding carboxylic acids is 1. The molecule has 0 radical (unpaired) electrons. The molecule has 2 unspecified atom stereocenters. The van der Waals surface area contributed by atoms with Crippen molar-refractivity contribution in [1.29, 1.82) is 10.5 Å². The van der Waals surface area contributed by atoms with Gasteiger partial charge in [0.25, 0.3) is 0 Å². The fourth-order valence-electron chi connectivity index (χ4n) is 1.82. The molecule has 5 heteroatoms. The van der Waals surface area contributed by atoms with Gasteiger partial charge in [-0.2, -0.15) is 10.5 Å². The maximum Gasteiger partial charge on any atom is 0.340 e. The van der Waals surface area contributed by atoms with Crippen LogP contribution in [-0.4, -0.2) is 24.8 Å². The summed E-state index contributed by atoms with van der Waals surface area (Å²) < 4.78 is 10.00. The highest BCUT2D eigenvalue weighted by molar-refractivity contribution is 5.82. The molecule has 0 aromatic rings. The van der Waals surface area contributed by atoms with E-state index in [1.54, 1.807) is 0 Å². The number of nitriles is 2. The highest BCUT2D eigenvalue weighted by Crippen LogP contribution is 2.46. The van der Waals surface area contributed by atoms with Crippen molar-refractivity contribution >= 4 is 5.97 Å². The van der Waals surface area contributed by atoms with E-state index in [0.717, 1.165) is 0 Å². The van der Waals surface area contributed by atoms with Gasteiger partial charge >= 0.3 is 5.97 Å². The van der Waals surface area contributed by atoms with Crippen LogP contribution in [0.5, 0.6) is 0 Å². The van der Waals surface area contributed by atoms with Gasteiger partial charge in [-0.25, -0.2) is 4.79 Å². The second-order valence-corrected chi connectivity index (χ2v) is 3.75. The first-order valence-corrected chi connectivity index (χ1v) is 4.71. The number of rotatable bonds is 2. The van der Waals surface area contributed by atoms with Crippen LogP contribution in [0, 0.1) is 28.1 Å². The number of hydrogen-bond donors (Lipinski definition) is 0. The standard InChI is InChI=1S/C11H12N2O3/c1-4-8-5-11(6-12,7-13)10(2,16-8)9(14)15-3/h4,8H,1,5H2,2-3H3. The van der Waals surface area contributed by atoms with Crippen molar-refractivity contribution in [2.45, 2.75) is 25.0 Å². The van der Waals surface area contributed by atoms with Crippen LogP contribution in [0.1, 0.15) is 13.3 Å². The molecule has 1 heterocycles. The van der Waals surface area contributed by atoms with Gasteiger partial charge < -0.3 is 9.47 Å². The summed E-state index contributed by atoms with van der Waals surface area (Å²) in [6.45, 7) is 4.93. The summed E-state index contributed by atoms with van der Waals surface area (Å²) in [5, 5.41) is 18.2. The van der Waals surface area contributed by atoms with Crippen molar-refractivity contribution in [3.8, 4) is 12.1 Å². The van der Waals surface area contributed by atoms with Crippen LogP contribution in [0.25, 0.3) is 0 Å². The Morgan fingerprint density at radius 1 is 1.62 bits per heavy atom. The summed E-state index contributed by atoms with van der Waals surface area (Å²) in [6, 6.07) is 3.72. The minimum absolute atomic E-state index is 0.120. The summed E-state index contributed by atoms with van der Waals surface area (Å²) in [6.07, 6.45) is 1.09. The third-order valence-electron chi connectivity index (χ3n) is 2.93. The average molecular weight is 220 g/mol. The molecule has 1 fully saturated rings. The number of ether oxygens (including phenoxy) is 2. The lowest BCUT2D eigenvalue weighted by Gasteiger charge is -2.28. The van der Waals surface area contributed by atoms with Crippen LogP contribution in [-0.2, 0) is 14.3 Å². The lowest BCUT2D eigenvalue weighted by Crippen LogP contribution is -2.48. The van der Waals surface area contributed by atoms with E-state index >= 15 is 0 Å². The van der Waals surface area contributed by atoms with Crippen molar-refractivity contribution in [3.63, 3.8) is 0 Å². The molecule has 1 rings (SSSR count). The second kappa shape index (κ2) is 3.96. The highest BCUT2D eigenvalue weighted by atomic mass is 16.6. The number of hydrogen-bond acceptors (Lipinski definition) is 5. The maximum absolute atomic E-state index is 11.6.